The molecule has 1 aromatic rings. The fraction of sp³-hybridized carbons (Fsp3) is 0.538. The van der Waals surface area contributed by atoms with Gasteiger partial charge in [-0.1, -0.05) is 24.6 Å². The molecule has 1 N–H and O–H groups in total. The highest BCUT2D eigenvalue weighted by Gasteiger charge is 2.11. The largest absolute Gasteiger partial charge is 0.317 e. The molecule has 0 aromatic heterocycles. The highest BCUT2D eigenvalue weighted by molar-refractivity contribution is 6.30. The van der Waals surface area contributed by atoms with E-state index >= 15 is 0 Å². The zero-order chi connectivity index (χ0) is 12.1. The highest BCUT2D eigenvalue weighted by atomic mass is 35.5. The number of hydrogen-bond donors (Lipinski definition) is 1. The summed E-state index contributed by atoms with van der Waals surface area (Å²) < 4.78 is 13.5. The molecule has 0 saturated carbocycles. The summed E-state index contributed by atoms with van der Waals surface area (Å²) in [5, 5.41) is 3.65. The van der Waals surface area contributed by atoms with E-state index in [1.165, 1.54) is 6.07 Å². The van der Waals surface area contributed by atoms with Crippen molar-refractivity contribution in [1.29, 1.82) is 0 Å². The SMILES string of the molecule is CNC(C)CC(C)Cc1ccc(Cl)cc1F. The van der Waals surface area contributed by atoms with Gasteiger partial charge in [0.2, 0.25) is 0 Å². The van der Waals surface area contributed by atoms with E-state index in [0.29, 0.717) is 17.0 Å². The predicted octanol–water partition coefficient (Wildman–Crippen LogP) is 3.66. The lowest BCUT2D eigenvalue weighted by molar-refractivity contribution is 0.434. The Hall–Kier alpha value is -0.600. The van der Waals surface area contributed by atoms with Gasteiger partial charge in [-0.05, 0) is 50.4 Å². The number of benzene rings is 1. The van der Waals surface area contributed by atoms with E-state index in [4.69, 9.17) is 11.6 Å². The van der Waals surface area contributed by atoms with E-state index in [-0.39, 0.29) is 5.82 Å². The van der Waals surface area contributed by atoms with E-state index in [0.717, 1.165) is 18.4 Å². The second-order valence-corrected chi connectivity index (χ2v) is 4.91. The third kappa shape index (κ3) is 4.11. The van der Waals surface area contributed by atoms with Gasteiger partial charge in [-0.15, -0.1) is 0 Å². The van der Waals surface area contributed by atoms with Crippen molar-refractivity contribution >= 4 is 11.6 Å². The molecule has 0 aliphatic heterocycles. The van der Waals surface area contributed by atoms with Crippen LogP contribution in [0, 0.1) is 11.7 Å². The maximum Gasteiger partial charge on any atom is 0.127 e. The van der Waals surface area contributed by atoms with Crippen LogP contribution in [0.3, 0.4) is 0 Å². The molecular weight excluding hydrogens is 225 g/mol. The number of nitrogens with one attached hydrogen (secondary N) is 1. The Kier molecular flexibility index (Phi) is 5.23. The molecule has 0 aliphatic carbocycles. The Morgan fingerprint density at radius 1 is 1.38 bits per heavy atom. The molecular formula is C13H19ClFN. The lowest BCUT2D eigenvalue weighted by atomic mass is 9.95. The minimum atomic E-state index is -0.198. The van der Waals surface area contributed by atoms with Gasteiger partial charge in [-0.2, -0.15) is 0 Å². The minimum absolute atomic E-state index is 0.198. The van der Waals surface area contributed by atoms with Crippen LogP contribution in [0.15, 0.2) is 18.2 Å². The van der Waals surface area contributed by atoms with Crippen molar-refractivity contribution in [1.82, 2.24) is 5.32 Å². The topological polar surface area (TPSA) is 12.0 Å². The second kappa shape index (κ2) is 6.21. The summed E-state index contributed by atoms with van der Waals surface area (Å²) in [4.78, 5) is 0. The average molecular weight is 244 g/mol. The van der Waals surface area contributed by atoms with Crippen LogP contribution in [-0.2, 0) is 6.42 Å². The summed E-state index contributed by atoms with van der Waals surface area (Å²) in [6.07, 6.45) is 1.80. The molecule has 0 amide bonds. The average Bonchev–Trinajstić information content (AvgIpc) is 2.22. The molecule has 0 radical (unpaired) electrons. The molecule has 1 nitrogen and oxygen atoms in total. The van der Waals surface area contributed by atoms with Gasteiger partial charge in [0.1, 0.15) is 5.82 Å². The van der Waals surface area contributed by atoms with Gasteiger partial charge in [0.05, 0.1) is 0 Å². The van der Waals surface area contributed by atoms with Crippen molar-refractivity contribution in [2.45, 2.75) is 32.7 Å². The Morgan fingerprint density at radius 3 is 2.62 bits per heavy atom. The maximum absolute atomic E-state index is 13.5. The molecule has 0 aliphatic rings. The lowest BCUT2D eigenvalue weighted by Gasteiger charge is -2.17. The van der Waals surface area contributed by atoms with Gasteiger partial charge in [0, 0.05) is 11.1 Å². The number of halogens is 2. The molecule has 16 heavy (non-hydrogen) atoms. The van der Waals surface area contributed by atoms with Crippen molar-refractivity contribution in [3.8, 4) is 0 Å². The lowest BCUT2D eigenvalue weighted by Crippen LogP contribution is -2.24. The molecule has 3 heteroatoms. The monoisotopic (exact) mass is 243 g/mol. The van der Waals surface area contributed by atoms with Crippen LogP contribution in [0.5, 0.6) is 0 Å². The van der Waals surface area contributed by atoms with Crippen LogP contribution in [0.25, 0.3) is 0 Å². The third-order valence-electron chi connectivity index (χ3n) is 2.83. The van der Waals surface area contributed by atoms with Gasteiger partial charge in [-0.3, -0.25) is 0 Å². The van der Waals surface area contributed by atoms with Crippen LogP contribution in [0.4, 0.5) is 4.39 Å². The van der Waals surface area contributed by atoms with Crippen LogP contribution in [-0.4, -0.2) is 13.1 Å². The van der Waals surface area contributed by atoms with Crippen molar-refractivity contribution in [2.75, 3.05) is 7.05 Å². The summed E-state index contributed by atoms with van der Waals surface area (Å²) in [5.41, 5.74) is 0.750. The highest BCUT2D eigenvalue weighted by Crippen LogP contribution is 2.19. The Bertz CT molecular complexity index is 341. The summed E-state index contributed by atoms with van der Waals surface area (Å²) in [6.45, 7) is 4.27. The first-order chi connectivity index (χ1) is 7.52. The van der Waals surface area contributed by atoms with Crippen LogP contribution >= 0.6 is 11.6 Å². The fourth-order valence-electron chi connectivity index (χ4n) is 1.87. The first-order valence-electron chi connectivity index (χ1n) is 5.64. The molecule has 0 spiro atoms. The first-order valence-corrected chi connectivity index (χ1v) is 6.02. The van der Waals surface area contributed by atoms with Crippen LogP contribution < -0.4 is 5.32 Å². The van der Waals surface area contributed by atoms with Gasteiger partial charge < -0.3 is 5.32 Å². The summed E-state index contributed by atoms with van der Waals surface area (Å²) >= 11 is 5.71. The molecule has 0 bridgehead atoms. The molecule has 1 aromatic carbocycles. The van der Waals surface area contributed by atoms with Crippen LogP contribution in [0.1, 0.15) is 25.8 Å². The van der Waals surface area contributed by atoms with E-state index in [1.54, 1.807) is 12.1 Å². The summed E-state index contributed by atoms with van der Waals surface area (Å²) in [5.74, 6) is 0.259. The minimum Gasteiger partial charge on any atom is -0.317 e. The third-order valence-corrected chi connectivity index (χ3v) is 3.07. The molecule has 2 atom stereocenters. The van der Waals surface area contributed by atoms with E-state index in [2.05, 4.69) is 19.2 Å². The predicted molar refractivity (Wildman–Crippen MR) is 67.4 cm³/mol. The maximum atomic E-state index is 13.5. The van der Waals surface area contributed by atoms with Crippen LogP contribution in [0.2, 0.25) is 5.02 Å². The molecule has 2 unspecified atom stereocenters. The van der Waals surface area contributed by atoms with Gasteiger partial charge in [0.25, 0.3) is 0 Å². The van der Waals surface area contributed by atoms with E-state index in [1.807, 2.05) is 7.05 Å². The summed E-state index contributed by atoms with van der Waals surface area (Å²) in [6, 6.07) is 5.36. The molecule has 0 heterocycles. The first kappa shape index (κ1) is 13.5. The van der Waals surface area contributed by atoms with Crippen molar-refractivity contribution in [2.24, 2.45) is 5.92 Å². The molecule has 0 fully saturated rings. The number of hydrogen-bond acceptors (Lipinski definition) is 1. The van der Waals surface area contributed by atoms with Gasteiger partial charge in [0.15, 0.2) is 0 Å². The van der Waals surface area contributed by atoms with Crippen molar-refractivity contribution in [3.63, 3.8) is 0 Å². The quantitative estimate of drug-likeness (QED) is 0.832. The van der Waals surface area contributed by atoms with Crippen molar-refractivity contribution in [3.05, 3.63) is 34.6 Å². The molecule has 0 saturated heterocycles. The Morgan fingerprint density at radius 2 is 2.06 bits per heavy atom. The standard InChI is InChI=1S/C13H19ClFN/c1-9(6-10(2)16-3)7-11-4-5-12(14)8-13(11)15/h4-5,8-10,16H,6-7H2,1-3H3. The van der Waals surface area contributed by atoms with E-state index in [9.17, 15) is 4.39 Å². The summed E-state index contributed by atoms with van der Waals surface area (Å²) in [7, 11) is 1.94. The Balaban J connectivity index is 2.59. The fourth-order valence-corrected chi connectivity index (χ4v) is 2.03. The van der Waals surface area contributed by atoms with E-state index < -0.39 is 0 Å². The normalized spacial score (nSPS) is 14.8. The zero-order valence-corrected chi connectivity index (χ0v) is 10.8. The smallest absolute Gasteiger partial charge is 0.127 e. The van der Waals surface area contributed by atoms with Crippen molar-refractivity contribution < 1.29 is 4.39 Å². The zero-order valence-electron chi connectivity index (χ0n) is 10.1. The Labute approximate surface area is 102 Å². The second-order valence-electron chi connectivity index (χ2n) is 4.47. The molecule has 1 rings (SSSR count). The van der Waals surface area contributed by atoms with Gasteiger partial charge in [-0.25, -0.2) is 4.39 Å². The van der Waals surface area contributed by atoms with Gasteiger partial charge >= 0.3 is 0 Å². The molecule has 90 valence electrons. The number of rotatable bonds is 5.